The zero-order chi connectivity index (χ0) is 15.7. The van der Waals surface area contributed by atoms with Crippen LogP contribution in [0.2, 0.25) is 0 Å². The summed E-state index contributed by atoms with van der Waals surface area (Å²) in [5.74, 6) is 0.0619. The Labute approximate surface area is 127 Å². The predicted molar refractivity (Wildman–Crippen MR) is 84.4 cm³/mol. The van der Waals surface area contributed by atoms with Crippen molar-refractivity contribution in [1.29, 1.82) is 5.26 Å². The average Bonchev–Trinajstić information content (AvgIpc) is 2.46. The quantitative estimate of drug-likeness (QED) is 0.327. The summed E-state index contributed by atoms with van der Waals surface area (Å²) in [7, 11) is 0. The number of carbonyl (C=O) groups is 1. The summed E-state index contributed by atoms with van der Waals surface area (Å²) in [5, 5.41) is 9.07. The van der Waals surface area contributed by atoms with Gasteiger partial charge in [0.1, 0.15) is 11.6 Å². The summed E-state index contributed by atoms with van der Waals surface area (Å²) in [6, 6.07) is 9.82. The normalized spacial score (nSPS) is 11.3. The molecule has 1 aromatic carbocycles. The van der Waals surface area contributed by atoms with E-state index in [1.165, 1.54) is 5.56 Å². The maximum Gasteiger partial charge on any atom is 0.348 e. The van der Waals surface area contributed by atoms with E-state index >= 15 is 0 Å². The molecule has 0 saturated carbocycles. The zero-order valence-corrected chi connectivity index (χ0v) is 13.1. The van der Waals surface area contributed by atoms with E-state index < -0.39 is 5.97 Å². The summed E-state index contributed by atoms with van der Waals surface area (Å²) < 4.78 is 5.05. The summed E-state index contributed by atoms with van der Waals surface area (Å²) in [6.45, 7) is 6.73. The first-order valence-corrected chi connectivity index (χ1v) is 7.44. The van der Waals surface area contributed by atoms with Crippen LogP contribution in [0.4, 0.5) is 0 Å². The van der Waals surface area contributed by atoms with E-state index in [0.29, 0.717) is 12.5 Å². The van der Waals surface area contributed by atoms with Gasteiger partial charge in [-0.05, 0) is 36.0 Å². The van der Waals surface area contributed by atoms with Crippen molar-refractivity contribution in [2.45, 2.75) is 40.0 Å². The highest BCUT2D eigenvalue weighted by Gasteiger charge is 2.10. The van der Waals surface area contributed by atoms with Crippen molar-refractivity contribution in [2.24, 2.45) is 5.92 Å². The largest absolute Gasteiger partial charge is 0.462 e. The summed E-state index contributed by atoms with van der Waals surface area (Å²) >= 11 is 0. The fraction of sp³-hybridized carbons (Fsp3) is 0.444. The Hall–Kier alpha value is -2.08. The van der Waals surface area contributed by atoms with Crippen molar-refractivity contribution in [3.8, 4) is 6.07 Å². The number of benzene rings is 1. The van der Waals surface area contributed by atoms with E-state index in [9.17, 15) is 4.79 Å². The van der Waals surface area contributed by atoms with Crippen molar-refractivity contribution >= 4 is 12.0 Å². The van der Waals surface area contributed by atoms with Crippen LogP contribution in [0.5, 0.6) is 0 Å². The Balaban J connectivity index is 2.74. The van der Waals surface area contributed by atoms with Crippen LogP contribution in [0.15, 0.2) is 29.8 Å². The third-order valence-electron chi connectivity index (χ3n) is 3.01. The van der Waals surface area contributed by atoms with Gasteiger partial charge in [0, 0.05) is 0 Å². The Morgan fingerprint density at radius 3 is 2.52 bits per heavy atom. The minimum Gasteiger partial charge on any atom is -0.462 e. The molecule has 0 fully saturated rings. The molecule has 3 heteroatoms. The summed E-state index contributed by atoms with van der Waals surface area (Å²) in [4.78, 5) is 11.8. The third-order valence-corrected chi connectivity index (χ3v) is 3.01. The van der Waals surface area contributed by atoms with Crippen LogP contribution in [-0.2, 0) is 16.0 Å². The average molecular weight is 285 g/mol. The zero-order valence-electron chi connectivity index (χ0n) is 13.1. The molecule has 0 aromatic heterocycles. The van der Waals surface area contributed by atoms with Crippen LogP contribution in [0.25, 0.3) is 6.08 Å². The SMILES string of the molecule is CCCCOC(=O)/C(C#N)=C\c1ccc(CC(C)C)cc1. The van der Waals surface area contributed by atoms with E-state index in [4.69, 9.17) is 10.00 Å². The highest BCUT2D eigenvalue weighted by molar-refractivity contribution is 5.97. The second-order valence-corrected chi connectivity index (χ2v) is 5.50. The Bertz CT molecular complexity index is 521. The highest BCUT2D eigenvalue weighted by Crippen LogP contribution is 2.13. The van der Waals surface area contributed by atoms with Crippen molar-refractivity contribution in [1.82, 2.24) is 0 Å². The van der Waals surface area contributed by atoms with E-state index in [2.05, 4.69) is 13.8 Å². The number of ether oxygens (including phenoxy) is 1. The monoisotopic (exact) mass is 285 g/mol. The smallest absolute Gasteiger partial charge is 0.348 e. The molecule has 0 atom stereocenters. The van der Waals surface area contributed by atoms with Crippen molar-refractivity contribution in [3.63, 3.8) is 0 Å². The van der Waals surface area contributed by atoms with Gasteiger partial charge in [0.25, 0.3) is 0 Å². The lowest BCUT2D eigenvalue weighted by molar-refractivity contribution is -0.138. The van der Waals surface area contributed by atoms with Crippen LogP contribution in [0, 0.1) is 17.2 Å². The van der Waals surface area contributed by atoms with E-state index in [0.717, 1.165) is 24.8 Å². The molecule has 1 aromatic rings. The van der Waals surface area contributed by atoms with Gasteiger partial charge in [0.2, 0.25) is 0 Å². The van der Waals surface area contributed by atoms with E-state index in [1.807, 2.05) is 37.3 Å². The first-order chi connectivity index (χ1) is 10.1. The number of hydrogen-bond donors (Lipinski definition) is 0. The first-order valence-electron chi connectivity index (χ1n) is 7.44. The molecule has 0 saturated heterocycles. The Morgan fingerprint density at radius 1 is 1.33 bits per heavy atom. The van der Waals surface area contributed by atoms with Gasteiger partial charge < -0.3 is 4.74 Å². The number of rotatable bonds is 7. The second-order valence-electron chi connectivity index (χ2n) is 5.50. The summed E-state index contributed by atoms with van der Waals surface area (Å²) in [6.07, 6.45) is 4.37. The lowest BCUT2D eigenvalue weighted by atomic mass is 10.0. The standard InChI is InChI=1S/C18H23NO2/c1-4-5-10-21-18(20)17(13-19)12-16-8-6-15(7-9-16)11-14(2)3/h6-9,12,14H,4-5,10-11H2,1-3H3/b17-12-. The van der Waals surface area contributed by atoms with E-state index in [1.54, 1.807) is 6.08 Å². The molecule has 112 valence electrons. The maximum absolute atomic E-state index is 11.8. The highest BCUT2D eigenvalue weighted by atomic mass is 16.5. The molecule has 21 heavy (non-hydrogen) atoms. The van der Waals surface area contributed by atoms with Gasteiger partial charge in [-0.2, -0.15) is 5.26 Å². The molecule has 0 unspecified atom stereocenters. The first kappa shape index (κ1) is 17.0. The number of nitriles is 1. The van der Waals surface area contributed by atoms with Crippen LogP contribution in [-0.4, -0.2) is 12.6 Å². The number of hydrogen-bond acceptors (Lipinski definition) is 3. The number of nitrogens with zero attached hydrogens (tertiary/aromatic N) is 1. The second kappa shape index (κ2) is 8.97. The fourth-order valence-electron chi connectivity index (χ4n) is 1.91. The van der Waals surface area contributed by atoms with Gasteiger partial charge >= 0.3 is 5.97 Å². The maximum atomic E-state index is 11.8. The van der Waals surface area contributed by atoms with Gasteiger partial charge in [-0.3, -0.25) is 0 Å². The number of carbonyl (C=O) groups excluding carboxylic acids is 1. The number of unbranched alkanes of at least 4 members (excludes halogenated alkanes) is 1. The van der Waals surface area contributed by atoms with Gasteiger partial charge in [-0.15, -0.1) is 0 Å². The Morgan fingerprint density at radius 2 is 2.00 bits per heavy atom. The van der Waals surface area contributed by atoms with Gasteiger partial charge in [0.05, 0.1) is 6.61 Å². The fourth-order valence-corrected chi connectivity index (χ4v) is 1.91. The van der Waals surface area contributed by atoms with Gasteiger partial charge in [-0.25, -0.2) is 4.79 Å². The van der Waals surface area contributed by atoms with Crippen molar-refractivity contribution in [3.05, 3.63) is 41.0 Å². The molecule has 0 aliphatic carbocycles. The molecule has 0 N–H and O–H groups in total. The summed E-state index contributed by atoms with van der Waals surface area (Å²) in [5.41, 5.74) is 2.14. The molecular formula is C18H23NO2. The lowest BCUT2D eigenvalue weighted by Gasteiger charge is -2.05. The third kappa shape index (κ3) is 6.27. The molecule has 0 aliphatic rings. The molecule has 0 bridgehead atoms. The van der Waals surface area contributed by atoms with Gasteiger partial charge in [0.15, 0.2) is 0 Å². The van der Waals surface area contributed by atoms with Crippen LogP contribution in [0.1, 0.15) is 44.7 Å². The molecule has 0 spiro atoms. The van der Waals surface area contributed by atoms with Gasteiger partial charge in [-0.1, -0.05) is 51.5 Å². The van der Waals surface area contributed by atoms with Crippen LogP contribution >= 0.6 is 0 Å². The minimum atomic E-state index is -0.544. The predicted octanol–water partition coefficient (Wildman–Crippen LogP) is 4.14. The Kier molecular flexibility index (Phi) is 7.25. The van der Waals surface area contributed by atoms with Crippen LogP contribution in [0.3, 0.4) is 0 Å². The van der Waals surface area contributed by atoms with Crippen molar-refractivity contribution < 1.29 is 9.53 Å². The molecule has 0 amide bonds. The molecule has 0 aliphatic heterocycles. The molecule has 3 nitrogen and oxygen atoms in total. The molecule has 0 radical (unpaired) electrons. The molecule has 1 rings (SSSR count). The number of esters is 1. The van der Waals surface area contributed by atoms with Crippen LogP contribution < -0.4 is 0 Å². The van der Waals surface area contributed by atoms with E-state index in [-0.39, 0.29) is 5.57 Å². The molecule has 0 heterocycles. The lowest BCUT2D eigenvalue weighted by Crippen LogP contribution is -2.07. The topological polar surface area (TPSA) is 50.1 Å². The molecular weight excluding hydrogens is 262 g/mol. The van der Waals surface area contributed by atoms with Crippen molar-refractivity contribution in [2.75, 3.05) is 6.61 Å². The minimum absolute atomic E-state index is 0.0442.